The van der Waals surface area contributed by atoms with Gasteiger partial charge < -0.3 is 15.3 Å². The molecular weight excluding hydrogens is 200 g/mol. The molecule has 0 radical (unpaired) electrons. The first kappa shape index (κ1) is 11.0. The average Bonchev–Trinajstić information content (AvgIpc) is 3.08. The summed E-state index contributed by atoms with van der Waals surface area (Å²) in [7, 11) is 2.28. The van der Waals surface area contributed by atoms with Crippen molar-refractivity contribution in [1.29, 1.82) is 0 Å². The van der Waals surface area contributed by atoms with Crippen LogP contribution >= 0.6 is 0 Å². The summed E-state index contributed by atoms with van der Waals surface area (Å²) in [4.78, 5) is 2.56. The minimum atomic E-state index is -0.0858. The van der Waals surface area contributed by atoms with Crippen molar-refractivity contribution < 1.29 is 5.11 Å². The molecule has 16 heavy (non-hydrogen) atoms. The monoisotopic (exact) mass is 224 g/mol. The van der Waals surface area contributed by atoms with Gasteiger partial charge in [0.25, 0.3) is 0 Å². The van der Waals surface area contributed by atoms with Crippen molar-refractivity contribution in [1.82, 2.24) is 10.2 Å². The van der Waals surface area contributed by atoms with Gasteiger partial charge in [-0.2, -0.15) is 0 Å². The maximum atomic E-state index is 9.85. The van der Waals surface area contributed by atoms with Crippen LogP contribution in [0, 0.1) is 5.92 Å². The summed E-state index contributed by atoms with van der Waals surface area (Å²) in [6.45, 7) is 0.818. The first-order valence-corrected chi connectivity index (χ1v) is 6.87. The molecule has 3 atom stereocenters. The van der Waals surface area contributed by atoms with E-state index in [-0.39, 0.29) is 6.10 Å². The molecule has 0 aromatic rings. The van der Waals surface area contributed by atoms with E-state index in [9.17, 15) is 5.11 Å². The van der Waals surface area contributed by atoms with E-state index in [1.165, 1.54) is 38.5 Å². The smallest absolute Gasteiger partial charge is 0.0692 e. The highest BCUT2D eigenvalue weighted by Crippen LogP contribution is 2.35. The van der Waals surface area contributed by atoms with Crippen LogP contribution in [-0.4, -0.2) is 47.8 Å². The van der Waals surface area contributed by atoms with Crippen molar-refractivity contribution in [2.24, 2.45) is 5.92 Å². The third-order valence-electron chi connectivity index (χ3n) is 4.88. The molecule has 2 aliphatic heterocycles. The number of aliphatic hydroxyl groups excluding tert-OH is 1. The summed E-state index contributed by atoms with van der Waals surface area (Å²) in [6.07, 6.45) is 7.71. The van der Waals surface area contributed by atoms with Crippen molar-refractivity contribution in [3.05, 3.63) is 0 Å². The van der Waals surface area contributed by atoms with Crippen LogP contribution in [0.15, 0.2) is 0 Å². The highest BCUT2D eigenvalue weighted by atomic mass is 16.3. The van der Waals surface area contributed by atoms with E-state index >= 15 is 0 Å². The van der Waals surface area contributed by atoms with Gasteiger partial charge >= 0.3 is 0 Å². The molecule has 1 saturated carbocycles. The van der Waals surface area contributed by atoms with Gasteiger partial charge in [0, 0.05) is 24.7 Å². The number of hydrogen-bond acceptors (Lipinski definition) is 3. The third-order valence-corrected chi connectivity index (χ3v) is 4.88. The Balaban J connectivity index is 1.46. The minimum Gasteiger partial charge on any atom is -0.392 e. The molecule has 0 amide bonds. The van der Waals surface area contributed by atoms with E-state index in [0.29, 0.717) is 12.0 Å². The van der Waals surface area contributed by atoms with Crippen LogP contribution in [-0.2, 0) is 0 Å². The summed E-state index contributed by atoms with van der Waals surface area (Å²) in [5.41, 5.74) is 0. The van der Waals surface area contributed by atoms with Crippen LogP contribution in [0.4, 0.5) is 0 Å². The molecule has 2 heterocycles. The quantitative estimate of drug-likeness (QED) is 0.747. The zero-order chi connectivity index (χ0) is 11.1. The maximum Gasteiger partial charge on any atom is 0.0692 e. The molecule has 3 unspecified atom stereocenters. The molecule has 3 rings (SSSR count). The summed E-state index contributed by atoms with van der Waals surface area (Å²) >= 11 is 0. The molecule has 2 saturated heterocycles. The van der Waals surface area contributed by atoms with E-state index in [0.717, 1.165) is 18.6 Å². The predicted octanol–water partition coefficient (Wildman–Crippen LogP) is 0.972. The number of aliphatic hydroxyl groups is 1. The summed E-state index contributed by atoms with van der Waals surface area (Å²) in [5, 5.41) is 13.4. The lowest BCUT2D eigenvalue weighted by atomic mass is 9.98. The predicted molar refractivity (Wildman–Crippen MR) is 64.3 cm³/mol. The second-order valence-corrected chi connectivity index (χ2v) is 6.03. The second-order valence-electron chi connectivity index (χ2n) is 6.03. The Bertz CT molecular complexity index is 240. The van der Waals surface area contributed by atoms with Crippen LogP contribution in [0.5, 0.6) is 0 Å². The number of nitrogens with one attached hydrogen (secondary N) is 1. The zero-order valence-electron chi connectivity index (χ0n) is 10.2. The van der Waals surface area contributed by atoms with Gasteiger partial charge in [-0.3, -0.25) is 0 Å². The van der Waals surface area contributed by atoms with E-state index in [2.05, 4.69) is 17.3 Å². The van der Waals surface area contributed by atoms with Gasteiger partial charge in [0.15, 0.2) is 0 Å². The molecule has 2 bridgehead atoms. The van der Waals surface area contributed by atoms with Gasteiger partial charge in [-0.25, -0.2) is 0 Å². The van der Waals surface area contributed by atoms with Gasteiger partial charge in [0.2, 0.25) is 0 Å². The van der Waals surface area contributed by atoms with Gasteiger partial charge in [0.05, 0.1) is 6.10 Å². The van der Waals surface area contributed by atoms with Crippen molar-refractivity contribution in [3.8, 4) is 0 Å². The number of rotatable bonds is 4. The van der Waals surface area contributed by atoms with Gasteiger partial charge in [-0.05, 0) is 51.5 Å². The molecule has 0 aromatic heterocycles. The fraction of sp³-hybridized carbons (Fsp3) is 1.00. The molecule has 3 heteroatoms. The normalized spacial score (nSPS) is 41.2. The maximum absolute atomic E-state index is 9.85. The Morgan fingerprint density at radius 2 is 1.81 bits per heavy atom. The van der Waals surface area contributed by atoms with Gasteiger partial charge in [-0.1, -0.05) is 0 Å². The lowest BCUT2D eigenvalue weighted by molar-refractivity contribution is 0.117. The Morgan fingerprint density at radius 3 is 2.38 bits per heavy atom. The largest absolute Gasteiger partial charge is 0.392 e. The van der Waals surface area contributed by atoms with Crippen molar-refractivity contribution in [3.63, 3.8) is 0 Å². The molecular formula is C13H24N2O. The van der Waals surface area contributed by atoms with E-state index in [4.69, 9.17) is 0 Å². The van der Waals surface area contributed by atoms with Crippen molar-refractivity contribution in [2.45, 2.75) is 62.8 Å². The van der Waals surface area contributed by atoms with Crippen LogP contribution in [0.1, 0.15) is 38.5 Å². The number of piperidine rings is 1. The Morgan fingerprint density at radius 1 is 1.19 bits per heavy atom. The molecule has 92 valence electrons. The van der Waals surface area contributed by atoms with Gasteiger partial charge in [0.1, 0.15) is 0 Å². The van der Waals surface area contributed by atoms with E-state index in [1.807, 2.05) is 0 Å². The molecule has 3 aliphatic rings. The highest BCUT2D eigenvalue weighted by molar-refractivity contribution is 4.96. The molecule has 3 nitrogen and oxygen atoms in total. The summed E-state index contributed by atoms with van der Waals surface area (Å²) in [6, 6.07) is 2.26. The van der Waals surface area contributed by atoms with Crippen LogP contribution in [0.3, 0.4) is 0 Å². The number of hydrogen-bond donors (Lipinski definition) is 2. The van der Waals surface area contributed by atoms with Crippen LogP contribution in [0.2, 0.25) is 0 Å². The summed E-state index contributed by atoms with van der Waals surface area (Å²) < 4.78 is 0. The minimum absolute atomic E-state index is 0.0858. The van der Waals surface area contributed by atoms with Crippen molar-refractivity contribution in [2.75, 3.05) is 13.6 Å². The average molecular weight is 224 g/mol. The lowest BCUT2D eigenvalue weighted by Crippen LogP contribution is -2.48. The molecule has 1 aliphatic carbocycles. The summed E-state index contributed by atoms with van der Waals surface area (Å²) in [5.74, 6) is 0.607. The SMILES string of the molecule is CN1C2CCC1CC(NCC(O)C1CC1)C2. The van der Waals surface area contributed by atoms with Crippen molar-refractivity contribution >= 4 is 0 Å². The molecule has 0 spiro atoms. The fourth-order valence-electron chi connectivity index (χ4n) is 3.51. The zero-order valence-corrected chi connectivity index (χ0v) is 10.2. The fourth-order valence-corrected chi connectivity index (χ4v) is 3.51. The Kier molecular flexibility index (Phi) is 2.94. The first-order chi connectivity index (χ1) is 7.74. The lowest BCUT2D eigenvalue weighted by Gasteiger charge is -2.37. The number of nitrogens with zero attached hydrogens (tertiary/aromatic N) is 1. The standard InChI is InChI=1S/C13H24N2O/c1-15-11-4-5-12(15)7-10(6-11)14-8-13(16)9-2-3-9/h9-14,16H,2-8H2,1H3. The molecule has 3 fully saturated rings. The first-order valence-electron chi connectivity index (χ1n) is 6.87. The molecule has 0 aromatic carbocycles. The van der Waals surface area contributed by atoms with Crippen LogP contribution < -0.4 is 5.32 Å². The molecule has 2 N–H and O–H groups in total. The second kappa shape index (κ2) is 4.28. The van der Waals surface area contributed by atoms with E-state index < -0.39 is 0 Å². The third kappa shape index (κ3) is 2.13. The highest BCUT2D eigenvalue weighted by Gasteiger charge is 2.38. The van der Waals surface area contributed by atoms with E-state index in [1.54, 1.807) is 0 Å². The van der Waals surface area contributed by atoms with Gasteiger partial charge in [-0.15, -0.1) is 0 Å². The van der Waals surface area contributed by atoms with Crippen LogP contribution in [0.25, 0.3) is 0 Å². The Labute approximate surface area is 98.2 Å². The topological polar surface area (TPSA) is 35.5 Å². The Hall–Kier alpha value is -0.120. The number of fused-ring (bicyclic) bond motifs is 2.